The minimum absolute atomic E-state index is 0.407. The molecule has 11 aromatic rings. The first kappa shape index (κ1) is 34.8. The number of thiophene rings is 1. The van der Waals surface area contributed by atoms with Crippen LogP contribution in [0.15, 0.2) is 207 Å². The summed E-state index contributed by atoms with van der Waals surface area (Å²) in [6, 6.07) is 66.2. The molecule has 9 aromatic carbocycles. The predicted molar refractivity (Wildman–Crippen MR) is 252 cm³/mol. The number of fused-ring (bicyclic) bond motifs is 8. The summed E-state index contributed by atoms with van der Waals surface area (Å²) in [4.78, 5) is 14.8. The summed E-state index contributed by atoms with van der Waals surface area (Å²) in [7, 11) is 0. The van der Waals surface area contributed by atoms with Crippen molar-refractivity contribution in [2.24, 2.45) is 15.0 Å². The maximum Gasteiger partial charge on any atom is 0.161 e. The van der Waals surface area contributed by atoms with Crippen LogP contribution in [0.4, 0.5) is 0 Å². The molecule has 0 aliphatic rings. The Kier molecular flexibility index (Phi) is 8.53. The van der Waals surface area contributed by atoms with Crippen LogP contribution in [0.5, 0.6) is 0 Å². The number of hydrogen-bond donors (Lipinski definition) is 0. The number of hydrogen-bond acceptors (Lipinski definition) is 3. The standard InChI is InChI=1S/C54H35N3OS/c1-55-53(40-25-26-51-46(30-40)43-19-10-12-22-50(43)59-51)57-54(36-14-3-2-4-15-36)56-33-34-27-39-17-7-8-18-42(39)45(28-34)47-31-41(38-24-23-35-13-5-6-16-37(35)29-38)32-49-52(47)44-20-9-11-21-48(44)58-49/h2-32H,1,33H2/b56-54-,57-53-. The minimum atomic E-state index is 0.407. The number of benzene rings is 9. The zero-order valence-corrected chi connectivity index (χ0v) is 32.8. The number of amidine groups is 2. The summed E-state index contributed by atoms with van der Waals surface area (Å²) in [5, 5.41) is 9.33. The van der Waals surface area contributed by atoms with Crippen LogP contribution in [-0.4, -0.2) is 18.4 Å². The third-order valence-electron chi connectivity index (χ3n) is 11.2. The first-order valence-corrected chi connectivity index (χ1v) is 20.5. The van der Waals surface area contributed by atoms with Crippen molar-refractivity contribution < 1.29 is 4.42 Å². The quantitative estimate of drug-likeness (QED) is 0.123. The molecule has 0 saturated heterocycles. The van der Waals surface area contributed by atoms with E-state index in [4.69, 9.17) is 14.4 Å². The molecule has 0 spiro atoms. The molecule has 0 bridgehead atoms. The van der Waals surface area contributed by atoms with Crippen LogP contribution in [0.25, 0.3) is 85.9 Å². The van der Waals surface area contributed by atoms with Gasteiger partial charge in [0.15, 0.2) is 11.7 Å². The lowest BCUT2D eigenvalue weighted by atomic mass is 9.90. The molecule has 0 saturated carbocycles. The first-order chi connectivity index (χ1) is 29.2. The van der Waals surface area contributed by atoms with Crippen LogP contribution in [0.2, 0.25) is 0 Å². The summed E-state index contributed by atoms with van der Waals surface area (Å²) in [5.74, 6) is 1.13. The molecule has 2 aromatic heterocycles. The van der Waals surface area contributed by atoms with E-state index in [-0.39, 0.29) is 0 Å². The number of furan rings is 1. The second-order valence-electron chi connectivity index (χ2n) is 14.8. The zero-order valence-electron chi connectivity index (χ0n) is 32.0. The van der Waals surface area contributed by atoms with E-state index in [1.54, 1.807) is 11.3 Å². The molecule has 4 nitrogen and oxygen atoms in total. The maximum absolute atomic E-state index is 6.61. The van der Waals surface area contributed by atoms with Gasteiger partial charge < -0.3 is 4.42 Å². The highest BCUT2D eigenvalue weighted by Gasteiger charge is 2.18. The van der Waals surface area contributed by atoms with Gasteiger partial charge in [0.2, 0.25) is 0 Å². The van der Waals surface area contributed by atoms with Gasteiger partial charge in [-0.1, -0.05) is 127 Å². The van der Waals surface area contributed by atoms with Crippen LogP contribution in [0.1, 0.15) is 16.7 Å². The van der Waals surface area contributed by atoms with E-state index in [1.165, 1.54) is 36.3 Å². The van der Waals surface area contributed by atoms with Gasteiger partial charge in [-0.3, -0.25) is 4.99 Å². The lowest BCUT2D eigenvalue weighted by Crippen LogP contribution is -2.05. The fourth-order valence-corrected chi connectivity index (χ4v) is 9.48. The smallest absolute Gasteiger partial charge is 0.161 e. The highest BCUT2D eigenvalue weighted by atomic mass is 32.1. The summed E-state index contributed by atoms with van der Waals surface area (Å²) in [5.41, 5.74) is 9.09. The van der Waals surface area contributed by atoms with Crippen LogP contribution in [0, 0.1) is 0 Å². The predicted octanol–water partition coefficient (Wildman–Crippen LogP) is 14.7. The van der Waals surface area contributed by atoms with E-state index in [1.807, 2.05) is 36.4 Å². The van der Waals surface area contributed by atoms with Crippen molar-refractivity contribution in [3.63, 3.8) is 0 Å². The average molecular weight is 774 g/mol. The SMILES string of the molecule is C=N/C(=N\C(=N/Cc1cc(-c2cc(-c3ccc4ccccc4c3)cc3oc4ccccc4c23)c2ccccc2c1)c1ccccc1)c1ccc2sc3ccccc3c2c1. The molecule has 5 heteroatoms. The molecular weight excluding hydrogens is 739 g/mol. The highest BCUT2D eigenvalue weighted by Crippen LogP contribution is 2.43. The third-order valence-corrected chi connectivity index (χ3v) is 12.4. The molecule has 0 radical (unpaired) electrons. The number of aliphatic imine (C=N–C) groups is 3. The van der Waals surface area contributed by atoms with Gasteiger partial charge in [-0.05, 0) is 117 Å². The van der Waals surface area contributed by atoms with E-state index in [9.17, 15) is 0 Å². The molecular formula is C54H35N3OS. The summed E-state index contributed by atoms with van der Waals surface area (Å²) >= 11 is 1.79. The molecule has 0 aliphatic carbocycles. The Morgan fingerprint density at radius 2 is 1.20 bits per heavy atom. The molecule has 0 N–H and O–H groups in total. The topological polar surface area (TPSA) is 50.2 Å². The van der Waals surface area contributed by atoms with Crippen molar-refractivity contribution in [2.75, 3.05) is 0 Å². The van der Waals surface area contributed by atoms with Crippen LogP contribution in [-0.2, 0) is 6.54 Å². The highest BCUT2D eigenvalue weighted by molar-refractivity contribution is 7.25. The lowest BCUT2D eigenvalue weighted by molar-refractivity contribution is 0.669. The molecule has 0 fully saturated rings. The van der Waals surface area contributed by atoms with Crippen molar-refractivity contribution >= 4 is 93.4 Å². The van der Waals surface area contributed by atoms with Crippen molar-refractivity contribution in [3.8, 4) is 22.3 Å². The van der Waals surface area contributed by atoms with Crippen molar-refractivity contribution in [1.82, 2.24) is 0 Å². The Morgan fingerprint density at radius 3 is 2.07 bits per heavy atom. The molecule has 11 rings (SSSR count). The average Bonchev–Trinajstić information content (AvgIpc) is 3.87. The molecule has 0 atom stereocenters. The van der Waals surface area contributed by atoms with Crippen molar-refractivity contribution in [1.29, 1.82) is 0 Å². The summed E-state index contributed by atoms with van der Waals surface area (Å²) < 4.78 is 9.09. The normalized spacial score (nSPS) is 12.4. The van der Waals surface area contributed by atoms with E-state index >= 15 is 0 Å². The van der Waals surface area contributed by atoms with Crippen LogP contribution >= 0.6 is 11.3 Å². The van der Waals surface area contributed by atoms with Crippen LogP contribution < -0.4 is 0 Å². The van der Waals surface area contributed by atoms with E-state index in [0.29, 0.717) is 18.2 Å². The summed E-state index contributed by atoms with van der Waals surface area (Å²) in [6.07, 6.45) is 0. The summed E-state index contributed by atoms with van der Waals surface area (Å²) in [6.45, 7) is 4.36. The number of nitrogens with zero attached hydrogens (tertiary/aromatic N) is 3. The Balaban J connectivity index is 1.07. The maximum atomic E-state index is 6.61. The molecule has 59 heavy (non-hydrogen) atoms. The molecule has 2 heterocycles. The van der Waals surface area contributed by atoms with E-state index in [0.717, 1.165) is 66.3 Å². The fraction of sp³-hybridized carbons (Fsp3) is 0.0185. The lowest BCUT2D eigenvalue weighted by Gasteiger charge is -2.14. The van der Waals surface area contributed by atoms with E-state index in [2.05, 4.69) is 163 Å². The monoisotopic (exact) mass is 773 g/mol. The van der Waals surface area contributed by atoms with Gasteiger partial charge in [0.25, 0.3) is 0 Å². The Morgan fingerprint density at radius 1 is 0.475 bits per heavy atom. The van der Waals surface area contributed by atoms with Crippen molar-refractivity contribution in [2.45, 2.75) is 6.54 Å². The second kappa shape index (κ2) is 14.5. The number of rotatable bonds is 6. The van der Waals surface area contributed by atoms with Crippen LogP contribution in [0.3, 0.4) is 0 Å². The molecule has 278 valence electrons. The van der Waals surface area contributed by atoms with Gasteiger partial charge in [-0.25, -0.2) is 9.98 Å². The van der Waals surface area contributed by atoms with Gasteiger partial charge in [-0.15, -0.1) is 11.3 Å². The minimum Gasteiger partial charge on any atom is -0.456 e. The largest absolute Gasteiger partial charge is 0.456 e. The third kappa shape index (κ3) is 6.29. The van der Waals surface area contributed by atoms with Gasteiger partial charge >= 0.3 is 0 Å². The van der Waals surface area contributed by atoms with Gasteiger partial charge in [0.05, 0.1) is 6.54 Å². The second-order valence-corrected chi connectivity index (χ2v) is 15.9. The molecule has 0 unspecified atom stereocenters. The Labute approximate surface area is 344 Å². The molecule has 0 amide bonds. The van der Waals surface area contributed by atoms with Gasteiger partial charge in [-0.2, -0.15) is 0 Å². The fourth-order valence-electron chi connectivity index (χ4n) is 8.39. The zero-order chi connectivity index (χ0) is 39.3. The number of para-hydroxylation sites is 1. The van der Waals surface area contributed by atoms with Gasteiger partial charge in [0, 0.05) is 42.1 Å². The van der Waals surface area contributed by atoms with E-state index < -0.39 is 0 Å². The first-order valence-electron chi connectivity index (χ1n) is 19.7. The van der Waals surface area contributed by atoms with Gasteiger partial charge in [0.1, 0.15) is 11.2 Å². The Bertz CT molecular complexity index is 3500. The molecule has 0 aliphatic heterocycles. The Hall–Kier alpha value is -7.47. The van der Waals surface area contributed by atoms with Crippen molar-refractivity contribution in [3.05, 3.63) is 205 Å².